The molecule has 0 bridgehead atoms. The largest absolute Gasteiger partial charge is 0.324 e. The molecule has 4 heteroatoms. The highest BCUT2D eigenvalue weighted by Gasteiger charge is 2.28. The first kappa shape index (κ1) is 23.0. The highest BCUT2D eigenvalue weighted by atomic mass is 28.3. The maximum atomic E-state index is 13.0. The van der Waals surface area contributed by atoms with Crippen LogP contribution < -0.4 is 10.5 Å². The highest BCUT2D eigenvalue weighted by Crippen LogP contribution is 2.27. The summed E-state index contributed by atoms with van der Waals surface area (Å²) in [6.07, 6.45) is 8.71. The van der Waals surface area contributed by atoms with E-state index in [2.05, 4.69) is 60.3 Å². The number of rotatable bonds is 11. The van der Waals surface area contributed by atoms with E-state index >= 15 is 0 Å². The number of pyridine rings is 1. The first-order valence-electron chi connectivity index (χ1n) is 11.3. The molecule has 1 N–H and O–H groups in total. The van der Waals surface area contributed by atoms with Gasteiger partial charge >= 0.3 is 0 Å². The van der Waals surface area contributed by atoms with Crippen LogP contribution in [0.5, 0.6) is 0 Å². The fourth-order valence-electron chi connectivity index (χ4n) is 4.40. The molecule has 0 aliphatic rings. The lowest BCUT2D eigenvalue weighted by Crippen LogP contribution is -2.43. The number of aromatic nitrogens is 1. The lowest BCUT2D eigenvalue weighted by Gasteiger charge is -2.28. The number of allylic oxidation sites excluding steroid dienone is 1. The van der Waals surface area contributed by atoms with Gasteiger partial charge < -0.3 is 5.32 Å². The van der Waals surface area contributed by atoms with Gasteiger partial charge in [-0.2, -0.15) is 0 Å². The maximum Gasteiger partial charge on any atom is 0.224 e. The Bertz CT molecular complexity index is 995. The third-order valence-electron chi connectivity index (χ3n) is 6.01. The van der Waals surface area contributed by atoms with Crippen molar-refractivity contribution >= 4 is 35.8 Å². The number of hydrogen-bond acceptors (Lipinski definition) is 2. The SMILES string of the molecule is C=CCCCCC(CC(=O)Nc1cccc2cccnc12)C[Si](C)(C)c1ccccc1. The molecule has 0 saturated carbocycles. The first-order valence-corrected chi connectivity index (χ1v) is 14.5. The van der Waals surface area contributed by atoms with E-state index < -0.39 is 8.07 Å². The molecule has 3 rings (SSSR count). The average molecular weight is 431 g/mol. The van der Waals surface area contributed by atoms with Crippen LogP contribution in [0.4, 0.5) is 5.69 Å². The second kappa shape index (κ2) is 11.1. The zero-order valence-electron chi connectivity index (χ0n) is 18.8. The van der Waals surface area contributed by atoms with E-state index in [4.69, 9.17) is 0 Å². The molecule has 1 atom stereocenters. The minimum atomic E-state index is -1.63. The molecular weight excluding hydrogens is 396 g/mol. The fraction of sp³-hybridized carbons (Fsp3) is 0.333. The molecular formula is C27H34N2OSi. The predicted octanol–water partition coefficient (Wildman–Crippen LogP) is 6.54. The van der Waals surface area contributed by atoms with Crippen molar-refractivity contribution in [2.75, 3.05) is 5.32 Å². The van der Waals surface area contributed by atoms with Crippen LogP contribution in [0.15, 0.2) is 79.5 Å². The minimum absolute atomic E-state index is 0.0877. The van der Waals surface area contributed by atoms with Crippen LogP contribution in [0.3, 0.4) is 0 Å². The van der Waals surface area contributed by atoms with Crippen molar-refractivity contribution in [1.82, 2.24) is 4.98 Å². The van der Waals surface area contributed by atoms with Crippen molar-refractivity contribution < 1.29 is 4.79 Å². The van der Waals surface area contributed by atoms with Gasteiger partial charge in [0.25, 0.3) is 0 Å². The van der Waals surface area contributed by atoms with Gasteiger partial charge in [-0.15, -0.1) is 6.58 Å². The number of para-hydroxylation sites is 1. The van der Waals surface area contributed by atoms with Crippen molar-refractivity contribution in [3.63, 3.8) is 0 Å². The van der Waals surface area contributed by atoms with Gasteiger partial charge in [0.05, 0.1) is 19.3 Å². The fourth-order valence-corrected chi connectivity index (χ4v) is 7.52. The molecule has 3 nitrogen and oxygen atoms in total. The summed E-state index contributed by atoms with van der Waals surface area (Å²) in [6.45, 7) is 8.68. The van der Waals surface area contributed by atoms with Crippen molar-refractivity contribution in [3.05, 3.63) is 79.5 Å². The van der Waals surface area contributed by atoms with Crippen LogP contribution in [0, 0.1) is 5.92 Å². The Morgan fingerprint density at radius 1 is 1.06 bits per heavy atom. The van der Waals surface area contributed by atoms with E-state index in [0.29, 0.717) is 12.3 Å². The highest BCUT2D eigenvalue weighted by molar-refractivity contribution is 6.89. The Labute approximate surface area is 187 Å². The van der Waals surface area contributed by atoms with E-state index in [1.165, 1.54) is 5.19 Å². The summed E-state index contributed by atoms with van der Waals surface area (Å²) >= 11 is 0. The van der Waals surface area contributed by atoms with Crippen LogP contribution in [-0.2, 0) is 4.79 Å². The maximum absolute atomic E-state index is 13.0. The number of nitrogens with zero attached hydrogens (tertiary/aromatic N) is 1. The number of anilines is 1. The molecule has 1 amide bonds. The van der Waals surface area contributed by atoms with Crippen molar-refractivity contribution in [1.29, 1.82) is 0 Å². The second-order valence-corrected chi connectivity index (χ2v) is 13.8. The van der Waals surface area contributed by atoms with Gasteiger partial charge in [0, 0.05) is 18.0 Å². The van der Waals surface area contributed by atoms with Crippen LogP contribution in [-0.4, -0.2) is 19.0 Å². The lowest BCUT2D eigenvalue weighted by molar-refractivity contribution is -0.117. The number of hydrogen-bond donors (Lipinski definition) is 1. The van der Waals surface area contributed by atoms with E-state index in [9.17, 15) is 4.79 Å². The molecule has 0 aliphatic heterocycles. The number of fused-ring (bicyclic) bond motifs is 1. The molecule has 31 heavy (non-hydrogen) atoms. The molecule has 0 saturated heterocycles. The van der Waals surface area contributed by atoms with Crippen LogP contribution in [0.2, 0.25) is 19.1 Å². The third kappa shape index (κ3) is 6.63. The molecule has 3 aromatic rings. The topological polar surface area (TPSA) is 42.0 Å². The Kier molecular flexibility index (Phi) is 8.18. The summed E-state index contributed by atoms with van der Waals surface area (Å²) in [5, 5.41) is 5.64. The van der Waals surface area contributed by atoms with Crippen molar-refractivity contribution in [2.45, 2.75) is 51.2 Å². The smallest absolute Gasteiger partial charge is 0.224 e. The molecule has 0 spiro atoms. The quantitative estimate of drug-likeness (QED) is 0.213. The minimum Gasteiger partial charge on any atom is -0.324 e. The molecule has 0 aliphatic carbocycles. The van der Waals surface area contributed by atoms with Gasteiger partial charge in [0.1, 0.15) is 0 Å². The summed E-state index contributed by atoms with van der Waals surface area (Å²) in [7, 11) is -1.63. The summed E-state index contributed by atoms with van der Waals surface area (Å²) in [5.74, 6) is 0.472. The molecule has 2 aromatic carbocycles. The summed E-state index contributed by atoms with van der Waals surface area (Å²) < 4.78 is 0. The third-order valence-corrected chi connectivity index (χ3v) is 9.50. The molecule has 0 fully saturated rings. The zero-order valence-corrected chi connectivity index (χ0v) is 19.8. The molecule has 1 unspecified atom stereocenters. The second-order valence-electron chi connectivity index (χ2n) is 9.03. The number of amides is 1. The lowest BCUT2D eigenvalue weighted by atomic mass is 9.99. The van der Waals surface area contributed by atoms with Crippen molar-refractivity contribution in [2.24, 2.45) is 5.92 Å². The number of carbonyl (C=O) groups is 1. The van der Waals surface area contributed by atoms with Crippen molar-refractivity contribution in [3.8, 4) is 0 Å². The van der Waals surface area contributed by atoms with Gasteiger partial charge in [-0.05, 0) is 30.9 Å². The summed E-state index contributed by atoms with van der Waals surface area (Å²) in [4.78, 5) is 17.5. The first-order chi connectivity index (χ1) is 15.0. The van der Waals surface area contributed by atoms with Gasteiger partial charge in [-0.3, -0.25) is 9.78 Å². The van der Waals surface area contributed by atoms with Crippen LogP contribution in [0.1, 0.15) is 32.1 Å². The Morgan fingerprint density at radius 3 is 2.61 bits per heavy atom. The molecule has 162 valence electrons. The summed E-state index contributed by atoms with van der Waals surface area (Å²) in [6, 6.07) is 21.8. The number of unbranched alkanes of at least 4 members (excludes halogenated alkanes) is 2. The van der Waals surface area contributed by atoms with E-state index in [-0.39, 0.29) is 5.91 Å². The molecule has 1 aromatic heterocycles. The Hall–Kier alpha value is -2.72. The van der Waals surface area contributed by atoms with E-state index in [0.717, 1.165) is 48.3 Å². The van der Waals surface area contributed by atoms with Gasteiger partial charge in [-0.1, -0.05) is 91.8 Å². The van der Waals surface area contributed by atoms with E-state index in [1.54, 1.807) is 6.20 Å². The Morgan fingerprint density at radius 2 is 1.84 bits per heavy atom. The number of benzene rings is 2. The number of nitrogens with one attached hydrogen (secondary N) is 1. The molecule has 0 radical (unpaired) electrons. The van der Waals surface area contributed by atoms with Crippen LogP contribution >= 0.6 is 0 Å². The van der Waals surface area contributed by atoms with Crippen LogP contribution in [0.25, 0.3) is 10.9 Å². The Balaban J connectivity index is 1.71. The van der Waals surface area contributed by atoms with E-state index in [1.807, 2.05) is 36.4 Å². The summed E-state index contributed by atoms with van der Waals surface area (Å²) in [5.41, 5.74) is 1.65. The van der Waals surface area contributed by atoms with Gasteiger partial charge in [-0.25, -0.2) is 0 Å². The number of carbonyl (C=O) groups excluding carboxylic acids is 1. The monoisotopic (exact) mass is 430 g/mol. The zero-order chi connectivity index (χ0) is 22.1. The van der Waals surface area contributed by atoms with Gasteiger partial charge in [0.15, 0.2) is 0 Å². The standard InChI is InChI=1S/C27H34N2OSi/c1-4-5-6-8-13-22(21-31(2,3)24-16-9-7-10-17-24)20-26(30)29-25-18-11-14-23-15-12-19-28-27(23)25/h4,7,9-12,14-19,22H,1,5-6,8,13,20-21H2,2-3H3,(H,29,30). The molecule has 1 heterocycles. The normalized spacial score (nSPS) is 12.5. The predicted molar refractivity (Wildman–Crippen MR) is 136 cm³/mol. The average Bonchev–Trinajstić information content (AvgIpc) is 2.77. The van der Waals surface area contributed by atoms with Gasteiger partial charge in [0.2, 0.25) is 5.91 Å².